The van der Waals surface area contributed by atoms with Crippen LogP contribution in [0, 0.1) is 6.92 Å². The van der Waals surface area contributed by atoms with Crippen LogP contribution in [0.5, 0.6) is 5.75 Å². The Kier molecular flexibility index (Phi) is 3.74. The van der Waals surface area contributed by atoms with Crippen LogP contribution < -0.4 is 4.74 Å². The van der Waals surface area contributed by atoms with Gasteiger partial charge in [0.05, 0.1) is 12.8 Å². The van der Waals surface area contributed by atoms with Crippen molar-refractivity contribution in [3.05, 3.63) is 60.3 Å². The molecular formula is C18H15N5O2. The molecule has 0 saturated carbocycles. The van der Waals surface area contributed by atoms with Gasteiger partial charge in [0.1, 0.15) is 17.1 Å². The van der Waals surface area contributed by atoms with Crippen LogP contribution in [0.1, 0.15) is 5.69 Å². The van der Waals surface area contributed by atoms with Crippen LogP contribution in [-0.4, -0.2) is 32.5 Å². The van der Waals surface area contributed by atoms with Gasteiger partial charge in [-0.15, -0.1) is 10.2 Å². The highest BCUT2D eigenvalue weighted by Gasteiger charge is 2.22. The quantitative estimate of drug-likeness (QED) is 0.570. The number of hydrogen-bond acceptors (Lipinski definition) is 6. The van der Waals surface area contributed by atoms with Crippen molar-refractivity contribution in [2.75, 3.05) is 7.11 Å². The first-order chi connectivity index (χ1) is 12.3. The van der Waals surface area contributed by atoms with Crippen LogP contribution in [0.15, 0.2) is 59.1 Å². The van der Waals surface area contributed by atoms with Crippen LogP contribution >= 0.6 is 0 Å². The fourth-order valence-electron chi connectivity index (χ4n) is 2.64. The van der Waals surface area contributed by atoms with Gasteiger partial charge in [0.25, 0.3) is 0 Å². The second-order valence-electron chi connectivity index (χ2n) is 5.45. The summed E-state index contributed by atoms with van der Waals surface area (Å²) in [5, 5.41) is 16.2. The number of benzene rings is 2. The number of methoxy groups -OCH3 is 1. The summed E-state index contributed by atoms with van der Waals surface area (Å²) in [6.07, 6.45) is 0. The van der Waals surface area contributed by atoms with Gasteiger partial charge in [-0.25, -0.2) is 4.68 Å². The molecule has 0 aliphatic rings. The summed E-state index contributed by atoms with van der Waals surface area (Å²) in [7, 11) is 1.64. The van der Waals surface area contributed by atoms with Crippen molar-refractivity contribution in [2.24, 2.45) is 0 Å². The SMILES string of the molecule is COc1ccc(-n2nnc(-c3onnc3C)c2-c2ccccc2)cc1. The van der Waals surface area contributed by atoms with Crippen molar-refractivity contribution in [3.8, 4) is 34.1 Å². The molecule has 0 aliphatic heterocycles. The summed E-state index contributed by atoms with van der Waals surface area (Å²) in [5.74, 6) is 1.29. The maximum Gasteiger partial charge on any atom is 0.212 e. The summed E-state index contributed by atoms with van der Waals surface area (Å²) in [4.78, 5) is 0. The van der Waals surface area contributed by atoms with Crippen LogP contribution in [0.3, 0.4) is 0 Å². The standard InChI is InChI=1S/C18H15N5O2/c1-12-18(25-22-19-12)16-17(13-6-4-3-5-7-13)23(21-20-16)14-8-10-15(24-2)11-9-14/h3-11H,1-2H3. The van der Waals surface area contributed by atoms with Gasteiger partial charge in [0, 0.05) is 10.8 Å². The van der Waals surface area contributed by atoms with Gasteiger partial charge >= 0.3 is 0 Å². The van der Waals surface area contributed by atoms with Crippen molar-refractivity contribution in [1.29, 1.82) is 0 Å². The normalized spacial score (nSPS) is 10.8. The molecule has 124 valence electrons. The third-order valence-electron chi connectivity index (χ3n) is 3.90. The van der Waals surface area contributed by atoms with Gasteiger partial charge in [-0.1, -0.05) is 35.5 Å². The van der Waals surface area contributed by atoms with Crippen molar-refractivity contribution in [1.82, 2.24) is 25.4 Å². The van der Waals surface area contributed by atoms with E-state index in [1.807, 2.05) is 61.5 Å². The van der Waals surface area contributed by atoms with Crippen molar-refractivity contribution in [2.45, 2.75) is 6.92 Å². The Labute approximate surface area is 143 Å². The van der Waals surface area contributed by atoms with E-state index >= 15 is 0 Å². The van der Waals surface area contributed by atoms with E-state index in [0.29, 0.717) is 17.1 Å². The predicted octanol–water partition coefficient (Wildman–Crippen LogP) is 3.30. The zero-order valence-electron chi connectivity index (χ0n) is 13.7. The Morgan fingerprint density at radius 3 is 2.36 bits per heavy atom. The van der Waals surface area contributed by atoms with Gasteiger partial charge in [-0.2, -0.15) is 0 Å². The second-order valence-corrected chi connectivity index (χ2v) is 5.45. The summed E-state index contributed by atoms with van der Waals surface area (Å²) in [6, 6.07) is 17.5. The van der Waals surface area contributed by atoms with Crippen LogP contribution in [0.25, 0.3) is 28.4 Å². The molecule has 0 spiro atoms. The summed E-state index contributed by atoms with van der Waals surface area (Å²) in [6.45, 7) is 1.83. The lowest BCUT2D eigenvalue weighted by atomic mass is 10.1. The van der Waals surface area contributed by atoms with E-state index in [-0.39, 0.29) is 0 Å². The van der Waals surface area contributed by atoms with E-state index < -0.39 is 0 Å². The van der Waals surface area contributed by atoms with Crippen LogP contribution in [0.4, 0.5) is 0 Å². The molecule has 0 amide bonds. The highest BCUT2D eigenvalue weighted by Crippen LogP contribution is 2.33. The zero-order chi connectivity index (χ0) is 17.2. The number of rotatable bonds is 4. The molecule has 0 unspecified atom stereocenters. The summed E-state index contributed by atoms with van der Waals surface area (Å²) in [5.41, 5.74) is 3.91. The number of aromatic nitrogens is 5. The van der Waals surface area contributed by atoms with E-state index in [2.05, 4.69) is 20.7 Å². The molecule has 2 aromatic carbocycles. The molecule has 25 heavy (non-hydrogen) atoms. The first kappa shape index (κ1) is 15.1. The fraction of sp³-hybridized carbons (Fsp3) is 0.111. The highest BCUT2D eigenvalue weighted by molar-refractivity contribution is 5.77. The maximum absolute atomic E-state index is 5.30. The van der Waals surface area contributed by atoms with Crippen LogP contribution in [-0.2, 0) is 0 Å². The molecule has 0 N–H and O–H groups in total. The molecule has 7 nitrogen and oxygen atoms in total. The zero-order valence-corrected chi connectivity index (χ0v) is 13.7. The van der Waals surface area contributed by atoms with Gasteiger partial charge in [0.15, 0.2) is 5.69 Å². The number of ether oxygens (including phenoxy) is 1. The van der Waals surface area contributed by atoms with Crippen LogP contribution in [0.2, 0.25) is 0 Å². The van der Waals surface area contributed by atoms with Gasteiger partial charge in [-0.3, -0.25) is 0 Å². The molecule has 0 fully saturated rings. The Morgan fingerprint density at radius 1 is 0.960 bits per heavy atom. The third kappa shape index (κ3) is 2.65. The van der Waals surface area contributed by atoms with Gasteiger partial charge < -0.3 is 9.26 Å². The van der Waals surface area contributed by atoms with E-state index in [1.54, 1.807) is 11.8 Å². The Hall–Kier alpha value is -3.48. The minimum atomic E-state index is 0.513. The van der Waals surface area contributed by atoms with E-state index in [9.17, 15) is 0 Å². The first-order valence-electron chi connectivity index (χ1n) is 7.73. The van der Waals surface area contributed by atoms with Crippen molar-refractivity contribution in [3.63, 3.8) is 0 Å². The first-order valence-corrected chi connectivity index (χ1v) is 7.73. The lowest BCUT2D eigenvalue weighted by Gasteiger charge is -2.08. The molecule has 4 aromatic rings. The van der Waals surface area contributed by atoms with E-state index in [1.165, 1.54) is 0 Å². The molecule has 0 atom stereocenters. The molecule has 2 heterocycles. The lowest BCUT2D eigenvalue weighted by molar-refractivity contribution is 0.402. The minimum absolute atomic E-state index is 0.513. The lowest BCUT2D eigenvalue weighted by Crippen LogP contribution is -1.99. The second kappa shape index (κ2) is 6.20. The summed E-state index contributed by atoms with van der Waals surface area (Å²) < 4.78 is 12.3. The number of hydrogen-bond donors (Lipinski definition) is 0. The average Bonchev–Trinajstić information content (AvgIpc) is 3.28. The van der Waals surface area contributed by atoms with E-state index in [4.69, 9.17) is 9.26 Å². The maximum atomic E-state index is 5.30. The topological polar surface area (TPSA) is 78.9 Å². The van der Waals surface area contributed by atoms with Gasteiger partial charge in [0.2, 0.25) is 5.76 Å². The Morgan fingerprint density at radius 2 is 1.72 bits per heavy atom. The third-order valence-corrected chi connectivity index (χ3v) is 3.90. The molecule has 2 aromatic heterocycles. The highest BCUT2D eigenvalue weighted by atomic mass is 16.5. The molecule has 0 saturated heterocycles. The minimum Gasteiger partial charge on any atom is -0.497 e. The predicted molar refractivity (Wildman–Crippen MR) is 91.4 cm³/mol. The van der Waals surface area contributed by atoms with Crippen molar-refractivity contribution >= 4 is 0 Å². The van der Waals surface area contributed by atoms with E-state index in [0.717, 1.165) is 22.7 Å². The molecule has 7 heteroatoms. The number of aryl methyl sites for hydroxylation is 1. The largest absolute Gasteiger partial charge is 0.497 e. The average molecular weight is 333 g/mol. The molecule has 4 rings (SSSR count). The Balaban J connectivity index is 1.93. The molecular weight excluding hydrogens is 318 g/mol. The van der Waals surface area contributed by atoms with Crippen molar-refractivity contribution < 1.29 is 9.26 Å². The molecule has 0 aliphatic carbocycles. The number of nitrogens with zero attached hydrogens (tertiary/aromatic N) is 5. The fourth-order valence-corrected chi connectivity index (χ4v) is 2.64. The molecule has 0 radical (unpaired) electrons. The Bertz CT molecular complexity index is 990. The molecule has 0 bridgehead atoms. The smallest absolute Gasteiger partial charge is 0.212 e. The summed E-state index contributed by atoms with van der Waals surface area (Å²) >= 11 is 0. The van der Waals surface area contributed by atoms with Gasteiger partial charge in [-0.05, 0) is 31.2 Å². The monoisotopic (exact) mass is 333 g/mol.